The van der Waals surface area contributed by atoms with Crippen LogP contribution in [0.5, 0.6) is 5.75 Å². The van der Waals surface area contributed by atoms with Gasteiger partial charge in [-0.15, -0.1) is 0 Å². The first-order valence-electron chi connectivity index (χ1n) is 10.1. The Hall–Kier alpha value is -3.26. The van der Waals surface area contributed by atoms with Crippen LogP contribution >= 0.6 is 12.2 Å². The minimum absolute atomic E-state index is 0.296. The van der Waals surface area contributed by atoms with Gasteiger partial charge in [0, 0.05) is 17.8 Å². The first kappa shape index (κ1) is 21.0. The average molecular weight is 439 g/mol. The molecule has 1 atom stereocenters. The third-order valence-electron chi connectivity index (χ3n) is 5.20. The van der Waals surface area contributed by atoms with E-state index in [1.807, 2.05) is 49.9 Å². The quantitative estimate of drug-likeness (QED) is 0.546. The van der Waals surface area contributed by atoms with Crippen molar-refractivity contribution in [3.8, 4) is 17.1 Å². The van der Waals surface area contributed by atoms with Crippen LogP contribution in [0.4, 0.5) is 4.39 Å². The first-order valence-corrected chi connectivity index (χ1v) is 10.5. The molecule has 1 N–H and O–H groups in total. The minimum atomic E-state index is -0.329. The second-order valence-electron chi connectivity index (χ2n) is 7.06. The van der Waals surface area contributed by atoms with E-state index in [4.69, 9.17) is 21.5 Å². The molecule has 0 saturated heterocycles. The van der Waals surface area contributed by atoms with E-state index in [2.05, 4.69) is 15.5 Å². The van der Waals surface area contributed by atoms with E-state index in [0.29, 0.717) is 30.0 Å². The molecule has 8 heteroatoms. The number of thiocarbonyl (C=S) groups is 1. The van der Waals surface area contributed by atoms with E-state index in [-0.39, 0.29) is 11.9 Å². The third-order valence-corrected chi connectivity index (χ3v) is 5.53. The zero-order valence-electron chi connectivity index (χ0n) is 17.6. The second kappa shape index (κ2) is 8.85. The molecule has 1 aliphatic rings. The van der Waals surface area contributed by atoms with Gasteiger partial charge in [0.15, 0.2) is 5.11 Å². The van der Waals surface area contributed by atoms with Crippen LogP contribution in [0, 0.1) is 5.82 Å². The SMILES string of the molecule is CCOc1ccc(-c2noc(C3=C(C)N(CC)C(=S)NC3c3ccc(F)cc3)n2)cc1. The fourth-order valence-corrected chi connectivity index (χ4v) is 4.05. The summed E-state index contributed by atoms with van der Waals surface area (Å²) in [5.41, 5.74) is 3.41. The summed E-state index contributed by atoms with van der Waals surface area (Å²) in [6.45, 7) is 7.23. The van der Waals surface area contributed by atoms with Crippen molar-refractivity contribution in [2.75, 3.05) is 13.2 Å². The molecule has 6 nitrogen and oxygen atoms in total. The Morgan fingerprint density at radius 3 is 2.48 bits per heavy atom. The summed E-state index contributed by atoms with van der Waals surface area (Å²) in [6.07, 6.45) is 0. The standard InChI is InChI=1S/C23H23FN4O2S/c1-4-28-14(3)19(20(25-23(28)31)15-6-10-17(24)11-7-15)22-26-21(27-30-22)16-8-12-18(13-9-16)29-5-2/h6-13,20H,4-5H2,1-3H3,(H,25,31). The van der Waals surface area contributed by atoms with Crippen LogP contribution in [0.1, 0.15) is 38.3 Å². The Morgan fingerprint density at radius 2 is 1.84 bits per heavy atom. The van der Waals surface area contributed by atoms with Gasteiger partial charge in [-0.2, -0.15) is 4.98 Å². The maximum atomic E-state index is 13.5. The molecule has 2 heterocycles. The molecule has 0 aliphatic carbocycles. The molecule has 0 spiro atoms. The molecule has 0 radical (unpaired) electrons. The maximum Gasteiger partial charge on any atom is 0.258 e. The zero-order chi connectivity index (χ0) is 22.0. The number of benzene rings is 2. The van der Waals surface area contributed by atoms with Crippen LogP contribution in [0.25, 0.3) is 17.0 Å². The number of nitrogens with zero attached hydrogens (tertiary/aromatic N) is 3. The third kappa shape index (κ3) is 4.16. The summed E-state index contributed by atoms with van der Waals surface area (Å²) in [6, 6.07) is 13.5. The highest BCUT2D eigenvalue weighted by molar-refractivity contribution is 7.80. The summed E-state index contributed by atoms with van der Waals surface area (Å²) >= 11 is 5.55. The van der Waals surface area contributed by atoms with E-state index in [1.165, 1.54) is 12.1 Å². The van der Waals surface area contributed by atoms with Crippen molar-refractivity contribution >= 4 is 22.9 Å². The van der Waals surface area contributed by atoms with Gasteiger partial charge in [0.2, 0.25) is 5.82 Å². The lowest BCUT2D eigenvalue weighted by Gasteiger charge is -2.36. The molecule has 4 rings (SSSR count). The van der Waals surface area contributed by atoms with Gasteiger partial charge in [-0.1, -0.05) is 17.3 Å². The number of rotatable bonds is 6. The van der Waals surface area contributed by atoms with E-state index in [1.54, 1.807) is 12.1 Å². The summed E-state index contributed by atoms with van der Waals surface area (Å²) in [7, 11) is 0. The molecule has 0 bridgehead atoms. The summed E-state index contributed by atoms with van der Waals surface area (Å²) in [5, 5.41) is 8.12. The first-order chi connectivity index (χ1) is 15.0. The van der Waals surface area contributed by atoms with Gasteiger partial charge in [0.05, 0.1) is 18.2 Å². The van der Waals surface area contributed by atoms with Gasteiger partial charge in [-0.25, -0.2) is 4.39 Å². The average Bonchev–Trinajstić information content (AvgIpc) is 3.24. The summed E-state index contributed by atoms with van der Waals surface area (Å²) in [4.78, 5) is 6.63. The number of hydrogen-bond donors (Lipinski definition) is 1. The van der Waals surface area contributed by atoms with Crippen LogP contribution in [-0.2, 0) is 0 Å². The van der Waals surface area contributed by atoms with Gasteiger partial charge in [-0.3, -0.25) is 0 Å². The highest BCUT2D eigenvalue weighted by atomic mass is 32.1. The van der Waals surface area contributed by atoms with Crippen molar-refractivity contribution in [1.82, 2.24) is 20.4 Å². The van der Waals surface area contributed by atoms with Crippen LogP contribution in [0.15, 0.2) is 58.8 Å². The summed E-state index contributed by atoms with van der Waals surface area (Å²) < 4.78 is 24.7. The number of nitrogens with one attached hydrogen (secondary N) is 1. The predicted molar refractivity (Wildman–Crippen MR) is 121 cm³/mol. The van der Waals surface area contributed by atoms with Crippen molar-refractivity contribution in [3.63, 3.8) is 0 Å². The zero-order valence-corrected chi connectivity index (χ0v) is 18.4. The molecule has 3 aromatic rings. The van der Waals surface area contributed by atoms with Gasteiger partial charge < -0.3 is 19.5 Å². The molecule has 1 aromatic heterocycles. The lowest BCUT2D eigenvalue weighted by atomic mass is 9.95. The number of ether oxygens (including phenoxy) is 1. The normalized spacial score (nSPS) is 16.5. The molecule has 0 fully saturated rings. The largest absolute Gasteiger partial charge is 0.494 e. The van der Waals surface area contributed by atoms with Crippen LogP contribution in [0.2, 0.25) is 0 Å². The molecular formula is C23H23FN4O2S. The molecule has 0 amide bonds. The highest BCUT2D eigenvalue weighted by Gasteiger charge is 2.33. The Morgan fingerprint density at radius 1 is 1.13 bits per heavy atom. The Bertz CT molecular complexity index is 1110. The lowest BCUT2D eigenvalue weighted by molar-refractivity contribution is 0.340. The molecule has 1 unspecified atom stereocenters. The fourth-order valence-electron chi connectivity index (χ4n) is 3.66. The van der Waals surface area contributed by atoms with Crippen molar-refractivity contribution in [1.29, 1.82) is 0 Å². The monoisotopic (exact) mass is 438 g/mol. The number of aromatic nitrogens is 2. The Kier molecular flexibility index (Phi) is 5.99. The smallest absolute Gasteiger partial charge is 0.258 e. The molecule has 1 aliphatic heterocycles. The molecule has 0 saturated carbocycles. The Balaban J connectivity index is 1.74. The molecule has 160 valence electrons. The van der Waals surface area contributed by atoms with Gasteiger partial charge >= 0.3 is 0 Å². The van der Waals surface area contributed by atoms with Crippen LogP contribution < -0.4 is 10.1 Å². The lowest BCUT2D eigenvalue weighted by Crippen LogP contribution is -2.45. The minimum Gasteiger partial charge on any atom is -0.494 e. The maximum absolute atomic E-state index is 13.5. The summed E-state index contributed by atoms with van der Waals surface area (Å²) in [5.74, 6) is 1.36. The fraction of sp³-hybridized carbons (Fsp3) is 0.261. The van der Waals surface area contributed by atoms with E-state index in [0.717, 1.165) is 28.1 Å². The van der Waals surface area contributed by atoms with E-state index in [9.17, 15) is 4.39 Å². The van der Waals surface area contributed by atoms with Crippen molar-refractivity contribution in [3.05, 3.63) is 71.5 Å². The highest BCUT2D eigenvalue weighted by Crippen LogP contribution is 2.37. The van der Waals surface area contributed by atoms with Gasteiger partial charge in [0.1, 0.15) is 11.6 Å². The van der Waals surface area contributed by atoms with Crippen molar-refractivity contribution < 1.29 is 13.7 Å². The molecule has 31 heavy (non-hydrogen) atoms. The van der Waals surface area contributed by atoms with Crippen molar-refractivity contribution in [2.45, 2.75) is 26.8 Å². The molecule has 2 aromatic carbocycles. The number of allylic oxidation sites excluding steroid dienone is 1. The topological polar surface area (TPSA) is 63.4 Å². The number of halogens is 1. The van der Waals surface area contributed by atoms with Crippen molar-refractivity contribution in [2.24, 2.45) is 0 Å². The molecular weight excluding hydrogens is 415 g/mol. The van der Waals surface area contributed by atoms with Gasteiger partial charge in [0.25, 0.3) is 5.89 Å². The number of hydrogen-bond acceptors (Lipinski definition) is 5. The second-order valence-corrected chi connectivity index (χ2v) is 7.44. The van der Waals surface area contributed by atoms with E-state index < -0.39 is 0 Å². The van der Waals surface area contributed by atoms with E-state index >= 15 is 0 Å². The Labute approximate surface area is 185 Å². The van der Waals surface area contributed by atoms with Gasteiger partial charge in [-0.05, 0) is 75.0 Å². The van der Waals surface area contributed by atoms with Crippen LogP contribution in [-0.4, -0.2) is 33.3 Å². The predicted octanol–water partition coefficient (Wildman–Crippen LogP) is 4.96. The van der Waals surface area contributed by atoms with Crippen LogP contribution in [0.3, 0.4) is 0 Å².